The van der Waals surface area contributed by atoms with Gasteiger partial charge >= 0.3 is 0 Å². The highest BCUT2D eigenvalue weighted by Crippen LogP contribution is 2.17. The van der Waals surface area contributed by atoms with E-state index < -0.39 is 12.5 Å². The Hall–Kier alpha value is -0.740. The smallest absolute Gasteiger partial charge is 0.254 e. The topological polar surface area (TPSA) is 24.9 Å². The van der Waals surface area contributed by atoms with E-state index >= 15 is 0 Å². The maximum Gasteiger partial charge on any atom is 0.254 e. The molecule has 0 fully saturated rings. The van der Waals surface area contributed by atoms with Gasteiger partial charge in [-0.15, -0.1) is 0 Å². The number of pyridine rings is 1. The molecule has 0 radical (unpaired) electrons. The number of alkyl halides is 2. The molecule has 0 saturated heterocycles. The summed E-state index contributed by atoms with van der Waals surface area (Å²) in [6.45, 7) is 2.52. The molecule has 0 aliphatic rings. The van der Waals surface area contributed by atoms with E-state index in [4.69, 9.17) is 11.6 Å². The van der Waals surface area contributed by atoms with E-state index in [0.29, 0.717) is 17.1 Å². The molecule has 0 amide bonds. The fraction of sp³-hybridized carbons (Fsp3) is 0.545. The molecule has 5 heteroatoms. The summed E-state index contributed by atoms with van der Waals surface area (Å²) in [4.78, 5) is 3.82. The van der Waals surface area contributed by atoms with E-state index in [1.165, 1.54) is 6.20 Å². The zero-order valence-electron chi connectivity index (χ0n) is 9.09. The van der Waals surface area contributed by atoms with Crippen molar-refractivity contribution in [2.24, 2.45) is 0 Å². The van der Waals surface area contributed by atoms with Gasteiger partial charge in [0.2, 0.25) is 0 Å². The van der Waals surface area contributed by atoms with Gasteiger partial charge < -0.3 is 5.32 Å². The molecule has 1 rings (SSSR count). The van der Waals surface area contributed by atoms with Crippen molar-refractivity contribution in [2.75, 3.05) is 6.54 Å². The SMILES string of the molecule is CCCNC(Cc1ccncc1Cl)C(F)F. The van der Waals surface area contributed by atoms with Crippen LogP contribution >= 0.6 is 11.6 Å². The zero-order valence-corrected chi connectivity index (χ0v) is 9.85. The number of hydrogen-bond donors (Lipinski definition) is 1. The van der Waals surface area contributed by atoms with Crippen molar-refractivity contribution in [1.29, 1.82) is 0 Å². The Labute approximate surface area is 99.0 Å². The van der Waals surface area contributed by atoms with Gasteiger partial charge in [0.05, 0.1) is 11.1 Å². The van der Waals surface area contributed by atoms with Gasteiger partial charge in [0.1, 0.15) is 0 Å². The van der Waals surface area contributed by atoms with Crippen LogP contribution in [0.25, 0.3) is 0 Å². The van der Waals surface area contributed by atoms with Crippen molar-refractivity contribution in [3.05, 3.63) is 29.0 Å². The molecular formula is C11H15ClF2N2. The fourth-order valence-corrected chi connectivity index (χ4v) is 1.58. The largest absolute Gasteiger partial charge is 0.309 e. The van der Waals surface area contributed by atoms with Crippen LogP contribution in [0.5, 0.6) is 0 Å². The zero-order chi connectivity index (χ0) is 12.0. The third-order valence-electron chi connectivity index (χ3n) is 2.26. The summed E-state index contributed by atoms with van der Waals surface area (Å²) in [7, 11) is 0. The van der Waals surface area contributed by atoms with Crippen LogP contribution in [0.1, 0.15) is 18.9 Å². The van der Waals surface area contributed by atoms with Crippen LogP contribution in [0.2, 0.25) is 5.02 Å². The van der Waals surface area contributed by atoms with Crippen LogP contribution in [-0.4, -0.2) is 24.0 Å². The monoisotopic (exact) mass is 248 g/mol. The van der Waals surface area contributed by atoms with Crippen molar-refractivity contribution in [3.63, 3.8) is 0 Å². The molecule has 0 aromatic carbocycles. The molecule has 0 spiro atoms. The first-order valence-corrected chi connectivity index (χ1v) is 5.62. The van der Waals surface area contributed by atoms with Crippen molar-refractivity contribution in [2.45, 2.75) is 32.2 Å². The summed E-state index contributed by atoms with van der Waals surface area (Å²) in [5, 5.41) is 3.25. The van der Waals surface area contributed by atoms with Crippen LogP contribution in [-0.2, 0) is 6.42 Å². The minimum atomic E-state index is -2.39. The van der Waals surface area contributed by atoms with Gasteiger partial charge in [0.15, 0.2) is 0 Å². The molecule has 2 nitrogen and oxygen atoms in total. The average Bonchev–Trinajstić information content (AvgIpc) is 2.26. The minimum Gasteiger partial charge on any atom is -0.309 e. The Morgan fingerprint density at radius 2 is 2.25 bits per heavy atom. The molecule has 16 heavy (non-hydrogen) atoms. The Balaban J connectivity index is 2.64. The molecule has 1 aromatic heterocycles. The lowest BCUT2D eigenvalue weighted by Crippen LogP contribution is -2.38. The van der Waals surface area contributed by atoms with Crippen LogP contribution in [0.15, 0.2) is 18.5 Å². The molecule has 0 aliphatic heterocycles. The number of aromatic nitrogens is 1. The lowest BCUT2D eigenvalue weighted by atomic mass is 10.1. The van der Waals surface area contributed by atoms with Crippen molar-refractivity contribution < 1.29 is 8.78 Å². The predicted octanol–water partition coefficient (Wildman–Crippen LogP) is 2.91. The molecule has 0 aliphatic carbocycles. The Morgan fingerprint density at radius 3 is 2.81 bits per heavy atom. The molecular weight excluding hydrogens is 234 g/mol. The number of nitrogens with one attached hydrogen (secondary N) is 1. The maximum absolute atomic E-state index is 12.7. The van der Waals surface area contributed by atoms with Crippen molar-refractivity contribution in [1.82, 2.24) is 10.3 Å². The number of halogens is 3. The second-order valence-electron chi connectivity index (χ2n) is 3.57. The summed E-state index contributed by atoms with van der Waals surface area (Å²) in [6, 6.07) is 0.825. The van der Waals surface area contributed by atoms with E-state index in [-0.39, 0.29) is 6.42 Å². The highest BCUT2D eigenvalue weighted by molar-refractivity contribution is 6.31. The molecule has 0 saturated carbocycles. The van der Waals surface area contributed by atoms with E-state index in [2.05, 4.69) is 10.3 Å². The highest BCUT2D eigenvalue weighted by Gasteiger charge is 2.20. The molecule has 0 bridgehead atoms. The van der Waals surface area contributed by atoms with Crippen molar-refractivity contribution >= 4 is 11.6 Å². The molecule has 1 unspecified atom stereocenters. The van der Waals surface area contributed by atoms with E-state index in [1.54, 1.807) is 12.3 Å². The summed E-state index contributed by atoms with van der Waals surface area (Å²) in [6.07, 6.45) is 1.69. The van der Waals surface area contributed by atoms with Gasteiger partial charge in [0.25, 0.3) is 6.43 Å². The number of rotatable bonds is 6. The first-order valence-electron chi connectivity index (χ1n) is 5.25. The van der Waals surface area contributed by atoms with Crippen LogP contribution in [0, 0.1) is 0 Å². The van der Waals surface area contributed by atoms with Gasteiger partial charge in [-0.1, -0.05) is 18.5 Å². The molecule has 1 aromatic rings. The van der Waals surface area contributed by atoms with Crippen LogP contribution in [0.4, 0.5) is 8.78 Å². The number of nitrogens with zero attached hydrogens (tertiary/aromatic N) is 1. The Kier molecular flexibility index (Phi) is 5.63. The van der Waals surface area contributed by atoms with Gasteiger partial charge in [0, 0.05) is 12.4 Å². The standard InChI is InChI=1S/C11H15ClF2N2/c1-2-4-16-10(11(13)14)6-8-3-5-15-7-9(8)12/h3,5,7,10-11,16H,2,4,6H2,1H3. The van der Waals surface area contributed by atoms with E-state index in [9.17, 15) is 8.78 Å². The van der Waals surface area contributed by atoms with E-state index in [1.807, 2.05) is 6.92 Å². The highest BCUT2D eigenvalue weighted by atomic mass is 35.5. The second kappa shape index (κ2) is 6.76. The third kappa shape index (κ3) is 4.02. The second-order valence-corrected chi connectivity index (χ2v) is 3.97. The lowest BCUT2D eigenvalue weighted by Gasteiger charge is -2.17. The quantitative estimate of drug-likeness (QED) is 0.837. The van der Waals surface area contributed by atoms with Crippen LogP contribution in [0.3, 0.4) is 0 Å². The van der Waals surface area contributed by atoms with Gasteiger partial charge in [-0.05, 0) is 31.0 Å². The third-order valence-corrected chi connectivity index (χ3v) is 2.60. The van der Waals surface area contributed by atoms with E-state index in [0.717, 1.165) is 6.42 Å². The number of hydrogen-bond acceptors (Lipinski definition) is 2. The lowest BCUT2D eigenvalue weighted by molar-refractivity contribution is 0.0983. The minimum absolute atomic E-state index is 0.221. The Bertz CT molecular complexity index is 321. The summed E-state index contributed by atoms with van der Waals surface area (Å²) in [5.41, 5.74) is 0.700. The molecule has 1 heterocycles. The Morgan fingerprint density at radius 1 is 1.50 bits per heavy atom. The first-order chi connectivity index (χ1) is 7.65. The van der Waals surface area contributed by atoms with Gasteiger partial charge in [-0.3, -0.25) is 4.98 Å². The van der Waals surface area contributed by atoms with Gasteiger partial charge in [-0.2, -0.15) is 0 Å². The predicted molar refractivity (Wildman–Crippen MR) is 61.0 cm³/mol. The van der Waals surface area contributed by atoms with Crippen molar-refractivity contribution in [3.8, 4) is 0 Å². The van der Waals surface area contributed by atoms with Gasteiger partial charge in [-0.25, -0.2) is 8.78 Å². The fourth-order valence-electron chi connectivity index (χ4n) is 1.39. The summed E-state index contributed by atoms with van der Waals surface area (Å²) >= 11 is 5.87. The molecule has 1 N–H and O–H groups in total. The average molecular weight is 249 g/mol. The molecule has 1 atom stereocenters. The molecule has 90 valence electrons. The summed E-state index contributed by atoms with van der Waals surface area (Å²) < 4.78 is 25.4. The normalized spacial score (nSPS) is 13.1. The first kappa shape index (κ1) is 13.3. The summed E-state index contributed by atoms with van der Waals surface area (Å²) in [5.74, 6) is 0. The van der Waals surface area contributed by atoms with Crippen LogP contribution < -0.4 is 5.32 Å². The maximum atomic E-state index is 12.7.